The van der Waals surface area contributed by atoms with Gasteiger partial charge in [0.25, 0.3) is 0 Å². The Bertz CT molecular complexity index is 2670. The van der Waals surface area contributed by atoms with Crippen LogP contribution in [0.1, 0.15) is 67.5 Å². The van der Waals surface area contributed by atoms with Gasteiger partial charge < -0.3 is 4.98 Å². The summed E-state index contributed by atoms with van der Waals surface area (Å²) in [5.41, 5.74) is 15.3. The molecule has 9 aromatic rings. The van der Waals surface area contributed by atoms with Gasteiger partial charge in [0.15, 0.2) is 0 Å². The third-order valence-corrected chi connectivity index (χ3v) is 12.4. The van der Waals surface area contributed by atoms with E-state index in [2.05, 4.69) is 211 Å². The molecule has 250 valence electrons. The van der Waals surface area contributed by atoms with Gasteiger partial charge in [0, 0.05) is 28.1 Å². The molecule has 0 saturated heterocycles. The number of benzene rings is 8. The van der Waals surface area contributed by atoms with Crippen molar-refractivity contribution in [3.8, 4) is 0 Å². The Balaban J connectivity index is 1.41. The van der Waals surface area contributed by atoms with Gasteiger partial charge in [-0.25, -0.2) is 0 Å². The van der Waals surface area contributed by atoms with Crippen molar-refractivity contribution in [3.63, 3.8) is 0 Å². The zero-order valence-electron chi connectivity index (χ0n) is 29.3. The van der Waals surface area contributed by atoms with Crippen LogP contribution in [0.15, 0.2) is 206 Å². The summed E-state index contributed by atoms with van der Waals surface area (Å²) in [5.74, 6) is 0.159. The minimum atomic E-state index is -0.440. The summed E-state index contributed by atoms with van der Waals surface area (Å²) in [5, 5.41) is 2.64. The van der Waals surface area contributed by atoms with Gasteiger partial charge in [0.05, 0.1) is 16.3 Å². The van der Waals surface area contributed by atoms with Crippen LogP contribution in [0.2, 0.25) is 0 Å². The largest absolute Gasteiger partial charge is 0.354 e. The molecule has 2 aliphatic rings. The number of para-hydroxylation sites is 1. The zero-order valence-corrected chi connectivity index (χ0v) is 29.3. The van der Waals surface area contributed by atoms with Crippen molar-refractivity contribution in [1.29, 1.82) is 0 Å². The summed E-state index contributed by atoms with van der Waals surface area (Å²) in [6.07, 6.45) is 0. The first kappa shape index (κ1) is 30.2. The predicted molar refractivity (Wildman–Crippen MR) is 218 cm³/mol. The summed E-state index contributed by atoms with van der Waals surface area (Å²) < 4.78 is 0. The Hall–Kier alpha value is -6.44. The molecule has 0 spiro atoms. The van der Waals surface area contributed by atoms with Crippen molar-refractivity contribution in [2.45, 2.75) is 22.7 Å². The van der Waals surface area contributed by atoms with Crippen LogP contribution in [0.3, 0.4) is 0 Å². The lowest BCUT2D eigenvalue weighted by atomic mass is 9.40. The third-order valence-electron chi connectivity index (χ3n) is 12.4. The van der Waals surface area contributed by atoms with E-state index in [1.54, 1.807) is 0 Å². The van der Waals surface area contributed by atoms with Crippen molar-refractivity contribution in [2.24, 2.45) is 0 Å². The Kier molecular flexibility index (Phi) is 6.57. The molecule has 0 amide bonds. The number of aromatic amines is 1. The molecule has 1 heteroatoms. The number of hydrogen-bond acceptors (Lipinski definition) is 0. The molecule has 53 heavy (non-hydrogen) atoms. The number of H-pyrrole nitrogens is 1. The molecule has 1 N–H and O–H groups in total. The topological polar surface area (TPSA) is 15.8 Å². The standard InChI is InChI=1S/C52H37N/c1-7-21-35(22-8-1)46-44-43-41-33-19-20-34-42(41)53-50(43)49-45(48(44)51(46,37-25-11-3-12-26-37)38-27-13-4-14-28-38)47(36-23-9-2-10-24-36)52(49,39-29-15-5-16-30-39)40-31-17-6-18-32-40/h1-34,46-47,53H. The van der Waals surface area contributed by atoms with Gasteiger partial charge in [-0.1, -0.05) is 200 Å². The minimum Gasteiger partial charge on any atom is -0.354 e. The van der Waals surface area contributed by atoms with Crippen molar-refractivity contribution in [2.75, 3.05) is 0 Å². The average Bonchev–Trinajstić information content (AvgIpc) is 3.59. The molecule has 2 aliphatic carbocycles. The molecule has 0 radical (unpaired) electrons. The molecule has 0 bridgehead atoms. The van der Waals surface area contributed by atoms with Gasteiger partial charge in [-0.15, -0.1) is 0 Å². The van der Waals surface area contributed by atoms with Crippen LogP contribution in [0.5, 0.6) is 0 Å². The number of aromatic nitrogens is 1. The summed E-state index contributed by atoms with van der Waals surface area (Å²) in [4.78, 5) is 4.09. The van der Waals surface area contributed by atoms with Gasteiger partial charge >= 0.3 is 0 Å². The second-order valence-electron chi connectivity index (χ2n) is 14.8. The molecular formula is C52H37N. The second kappa shape index (κ2) is 11.5. The molecule has 1 heterocycles. The first-order valence-electron chi connectivity index (χ1n) is 18.8. The predicted octanol–water partition coefficient (Wildman–Crippen LogP) is 12.3. The van der Waals surface area contributed by atoms with E-state index in [1.165, 1.54) is 77.4 Å². The fraction of sp³-hybridized carbons (Fsp3) is 0.0769. The lowest BCUT2D eigenvalue weighted by molar-refractivity contribution is 0.410. The number of fused-ring (bicyclic) bond motifs is 8. The van der Waals surface area contributed by atoms with Crippen LogP contribution >= 0.6 is 0 Å². The number of nitrogens with one attached hydrogen (secondary N) is 1. The number of hydrogen-bond donors (Lipinski definition) is 1. The summed E-state index contributed by atoms with van der Waals surface area (Å²) in [6.45, 7) is 0. The van der Waals surface area contributed by atoms with E-state index in [9.17, 15) is 0 Å². The lowest BCUT2D eigenvalue weighted by Gasteiger charge is -2.61. The normalized spacial score (nSPS) is 17.7. The maximum Gasteiger partial charge on any atom is 0.0584 e. The first-order chi connectivity index (χ1) is 26.3. The van der Waals surface area contributed by atoms with Crippen LogP contribution in [-0.2, 0) is 10.8 Å². The van der Waals surface area contributed by atoms with Crippen molar-refractivity contribution >= 4 is 21.8 Å². The SMILES string of the molecule is c1ccc(C2c3c(c4c(c5[nH]c6ccccc6c35)C(c3ccccc3)(c3ccccc3)C4c3ccccc3)C2(c2ccccc2)c2ccccc2)cc1. The van der Waals surface area contributed by atoms with E-state index in [4.69, 9.17) is 0 Å². The van der Waals surface area contributed by atoms with Gasteiger partial charge in [0.1, 0.15) is 0 Å². The lowest BCUT2D eigenvalue weighted by Crippen LogP contribution is -2.54. The highest BCUT2D eigenvalue weighted by Crippen LogP contribution is 2.73. The van der Waals surface area contributed by atoms with Gasteiger partial charge in [-0.05, 0) is 61.7 Å². The highest BCUT2D eigenvalue weighted by atomic mass is 14.8. The Morgan fingerprint density at radius 2 is 0.698 bits per heavy atom. The molecule has 1 aromatic heterocycles. The first-order valence-corrected chi connectivity index (χ1v) is 18.8. The van der Waals surface area contributed by atoms with Crippen LogP contribution < -0.4 is 0 Å². The maximum absolute atomic E-state index is 4.09. The smallest absolute Gasteiger partial charge is 0.0584 e. The van der Waals surface area contributed by atoms with Crippen LogP contribution in [0, 0.1) is 0 Å². The fourth-order valence-corrected chi connectivity index (χ4v) is 10.6. The quantitative estimate of drug-likeness (QED) is 0.181. The molecule has 0 aliphatic heterocycles. The molecule has 2 atom stereocenters. The highest BCUT2D eigenvalue weighted by Gasteiger charge is 2.65. The minimum absolute atomic E-state index is 0.0663. The van der Waals surface area contributed by atoms with Crippen molar-refractivity contribution in [3.05, 3.63) is 262 Å². The second-order valence-corrected chi connectivity index (χ2v) is 14.8. The number of rotatable bonds is 6. The molecule has 0 saturated carbocycles. The maximum atomic E-state index is 4.09. The van der Waals surface area contributed by atoms with E-state index in [0.29, 0.717) is 0 Å². The summed E-state index contributed by atoms with van der Waals surface area (Å²) in [6, 6.07) is 76.8. The zero-order chi connectivity index (χ0) is 35.0. The molecule has 1 nitrogen and oxygen atoms in total. The Morgan fingerprint density at radius 1 is 0.340 bits per heavy atom. The summed E-state index contributed by atoms with van der Waals surface area (Å²) in [7, 11) is 0. The Morgan fingerprint density at radius 3 is 1.15 bits per heavy atom. The molecule has 0 fully saturated rings. The van der Waals surface area contributed by atoms with Gasteiger partial charge in [-0.2, -0.15) is 0 Å². The van der Waals surface area contributed by atoms with E-state index in [0.717, 1.165) is 0 Å². The fourth-order valence-electron chi connectivity index (χ4n) is 10.6. The summed E-state index contributed by atoms with van der Waals surface area (Å²) >= 11 is 0. The molecular weight excluding hydrogens is 639 g/mol. The van der Waals surface area contributed by atoms with Crippen LogP contribution in [0.4, 0.5) is 0 Å². The highest BCUT2D eigenvalue weighted by molar-refractivity contribution is 6.14. The van der Waals surface area contributed by atoms with Crippen LogP contribution in [0.25, 0.3) is 21.8 Å². The molecule has 2 unspecified atom stereocenters. The van der Waals surface area contributed by atoms with E-state index in [1.807, 2.05) is 0 Å². The average molecular weight is 676 g/mol. The van der Waals surface area contributed by atoms with Crippen molar-refractivity contribution in [1.82, 2.24) is 4.98 Å². The van der Waals surface area contributed by atoms with Gasteiger partial charge in [-0.3, -0.25) is 0 Å². The van der Waals surface area contributed by atoms with Crippen LogP contribution in [-0.4, -0.2) is 4.98 Å². The monoisotopic (exact) mass is 675 g/mol. The Labute approximate surface area is 310 Å². The third kappa shape index (κ3) is 3.92. The molecule has 8 aromatic carbocycles. The van der Waals surface area contributed by atoms with E-state index < -0.39 is 10.8 Å². The van der Waals surface area contributed by atoms with Crippen molar-refractivity contribution < 1.29 is 0 Å². The van der Waals surface area contributed by atoms with Gasteiger partial charge in [0.2, 0.25) is 0 Å². The molecule has 11 rings (SSSR count). The van der Waals surface area contributed by atoms with E-state index in [-0.39, 0.29) is 11.8 Å². The van der Waals surface area contributed by atoms with E-state index >= 15 is 0 Å².